The topological polar surface area (TPSA) is 45.2 Å². The Morgan fingerprint density at radius 1 is 1.45 bits per heavy atom. The fourth-order valence-electron chi connectivity index (χ4n) is 2.79. The summed E-state index contributed by atoms with van der Waals surface area (Å²) in [5.74, 6) is 1.18. The average Bonchev–Trinajstić information content (AvgIpc) is 3.01. The maximum Gasteiger partial charge on any atom is 0.280 e. The molecule has 0 radical (unpaired) electrons. The van der Waals surface area contributed by atoms with Gasteiger partial charge in [-0.3, -0.25) is 9.69 Å². The van der Waals surface area contributed by atoms with Gasteiger partial charge in [-0.1, -0.05) is 6.92 Å². The number of thiazole rings is 1. The third-order valence-corrected chi connectivity index (χ3v) is 5.54. The third-order valence-electron chi connectivity index (χ3n) is 4.38. The van der Waals surface area contributed by atoms with E-state index in [0.29, 0.717) is 22.9 Å². The van der Waals surface area contributed by atoms with Crippen LogP contribution < -0.4 is 5.32 Å². The van der Waals surface area contributed by atoms with Crippen molar-refractivity contribution in [2.24, 2.45) is 5.92 Å². The van der Waals surface area contributed by atoms with E-state index in [1.165, 1.54) is 17.7 Å². The molecule has 2 heterocycles. The molecule has 2 fully saturated rings. The minimum atomic E-state index is 0.00403. The summed E-state index contributed by atoms with van der Waals surface area (Å²) in [5.41, 5.74) is 0. The molecule has 0 aromatic carbocycles. The number of rotatable bonds is 4. The van der Waals surface area contributed by atoms with E-state index in [2.05, 4.69) is 36.0 Å². The maximum absolute atomic E-state index is 12.3. The van der Waals surface area contributed by atoms with Crippen molar-refractivity contribution in [2.75, 3.05) is 13.1 Å². The van der Waals surface area contributed by atoms with Gasteiger partial charge in [-0.2, -0.15) is 0 Å². The van der Waals surface area contributed by atoms with Gasteiger partial charge in [-0.15, -0.1) is 11.3 Å². The maximum atomic E-state index is 12.3. The predicted molar refractivity (Wildman–Crippen MR) is 81.2 cm³/mol. The quantitative estimate of drug-likeness (QED) is 0.927. The van der Waals surface area contributed by atoms with Crippen molar-refractivity contribution in [1.29, 1.82) is 0 Å². The zero-order chi connectivity index (χ0) is 14.3. The van der Waals surface area contributed by atoms with Crippen molar-refractivity contribution in [3.8, 4) is 0 Å². The third kappa shape index (κ3) is 2.88. The highest BCUT2D eigenvalue weighted by molar-refractivity contribution is 7.13. The van der Waals surface area contributed by atoms with Crippen molar-refractivity contribution < 1.29 is 4.79 Å². The van der Waals surface area contributed by atoms with Gasteiger partial charge in [0, 0.05) is 36.2 Å². The van der Waals surface area contributed by atoms with E-state index >= 15 is 0 Å². The minimum absolute atomic E-state index is 0.00403. The number of aromatic nitrogens is 1. The lowest BCUT2D eigenvalue weighted by Gasteiger charge is -2.20. The molecular formula is C15H23N3OS. The van der Waals surface area contributed by atoms with E-state index in [-0.39, 0.29) is 11.9 Å². The van der Waals surface area contributed by atoms with Crippen LogP contribution >= 0.6 is 11.3 Å². The van der Waals surface area contributed by atoms with Crippen LogP contribution in [0, 0.1) is 5.92 Å². The van der Waals surface area contributed by atoms with Crippen molar-refractivity contribution in [3.63, 3.8) is 0 Å². The van der Waals surface area contributed by atoms with E-state index < -0.39 is 0 Å². The molecule has 0 bridgehead atoms. The fourth-order valence-corrected chi connectivity index (χ4v) is 3.78. The lowest BCUT2D eigenvalue weighted by Crippen LogP contribution is -2.40. The average molecular weight is 293 g/mol. The van der Waals surface area contributed by atoms with E-state index in [0.717, 1.165) is 13.1 Å². The molecule has 0 spiro atoms. The smallest absolute Gasteiger partial charge is 0.280 e. The second kappa shape index (κ2) is 5.45. The minimum Gasteiger partial charge on any atom is -0.346 e. The Hall–Kier alpha value is -0.940. The van der Waals surface area contributed by atoms with Gasteiger partial charge in [0.1, 0.15) is 0 Å². The molecule has 1 aliphatic heterocycles. The molecule has 20 heavy (non-hydrogen) atoms. The van der Waals surface area contributed by atoms with Gasteiger partial charge in [0.25, 0.3) is 5.91 Å². The molecule has 1 amide bonds. The molecule has 1 N–H and O–H groups in total. The molecule has 1 aromatic rings. The second-order valence-corrected chi connectivity index (χ2v) is 7.51. The van der Waals surface area contributed by atoms with Crippen LogP contribution in [0.1, 0.15) is 54.2 Å². The lowest BCUT2D eigenvalue weighted by molar-refractivity contribution is 0.0930. The Morgan fingerprint density at radius 3 is 2.80 bits per heavy atom. The molecule has 3 rings (SSSR count). The van der Waals surface area contributed by atoms with E-state index in [1.54, 1.807) is 11.3 Å². The molecule has 0 unspecified atom stereocenters. The van der Waals surface area contributed by atoms with Crippen LogP contribution in [0.15, 0.2) is 6.20 Å². The van der Waals surface area contributed by atoms with Gasteiger partial charge >= 0.3 is 0 Å². The van der Waals surface area contributed by atoms with Crippen LogP contribution in [0.25, 0.3) is 0 Å². The SMILES string of the molecule is CC(C)N1C[C@H](C)[C@H](NC(=O)c2ncc(C3CC3)s2)C1. The van der Waals surface area contributed by atoms with Gasteiger partial charge in [-0.05, 0) is 38.5 Å². The van der Waals surface area contributed by atoms with Crippen LogP contribution in [0.2, 0.25) is 0 Å². The van der Waals surface area contributed by atoms with Crippen LogP contribution in [-0.2, 0) is 0 Å². The first-order chi connectivity index (χ1) is 9.54. The largest absolute Gasteiger partial charge is 0.346 e. The molecule has 5 heteroatoms. The van der Waals surface area contributed by atoms with Gasteiger partial charge in [-0.25, -0.2) is 4.98 Å². The van der Waals surface area contributed by atoms with Crippen molar-refractivity contribution in [1.82, 2.24) is 15.2 Å². The Balaban J connectivity index is 1.60. The second-order valence-electron chi connectivity index (χ2n) is 6.45. The Labute approximate surface area is 124 Å². The van der Waals surface area contributed by atoms with Crippen LogP contribution in [0.4, 0.5) is 0 Å². The molecule has 110 valence electrons. The summed E-state index contributed by atoms with van der Waals surface area (Å²) in [6.45, 7) is 8.64. The molecule has 1 saturated heterocycles. The first-order valence-corrected chi connectivity index (χ1v) is 8.37. The number of nitrogens with one attached hydrogen (secondary N) is 1. The molecular weight excluding hydrogens is 270 g/mol. The molecule has 4 nitrogen and oxygen atoms in total. The number of amides is 1. The van der Waals surface area contributed by atoms with Gasteiger partial charge in [0.2, 0.25) is 0 Å². The Bertz CT molecular complexity index is 495. The zero-order valence-electron chi connectivity index (χ0n) is 12.4. The predicted octanol–water partition coefficient (Wildman–Crippen LogP) is 2.48. The van der Waals surface area contributed by atoms with Gasteiger partial charge < -0.3 is 5.32 Å². The van der Waals surface area contributed by atoms with Crippen molar-refractivity contribution in [2.45, 2.75) is 51.6 Å². The van der Waals surface area contributed by atoms with Crippen molar-refractivity contribution in [3.05, 3.63) is 16.1 Å². The number of nitrogens with zero attached hydrogens (tertiary/aromatic N) is 2. The van der Waals surface area contributed by atoms with E-state index in [9.17, 15) is 4.79 Å². The summed E-state index contributed by atoms with van der Waals surface area (Å²) in [6, 6.07) is 0.791. The number of carbonyl (C=O) groups is 1. The Morgan fingerprint density at radius 2 is 2.20 bits per heavy atom. The van der Waals surface area contributed by atoms with Crippen LogP contribution in [0.3, 0.4) is 0 Å². The summed E-state index contributed by atoms with van der Waals surface area (Å²) >= 11 is 1.57. The number of hydrogen-bond acceptors (Lipinski definition) is 4. The highest BCUT2D eigenvalue weighted by Gasteiger charge is 2.33. The lowest BCUT2D eigenvalue weighted by atomic mass is 10.1. The first kappa shape index (κ1) is 14.0. The number of hydrogen-bond donors (Lipinski definition) is 1. The summed E-state index contributed by atoms with van der Waals surface area (Å²) in [7, 11) is 0. The number of carbonyl (C=O) groups excluding carboxylic acids is 1. The molecule has 2 aliphatic rings. The molecule has 1 aromatic heterocycles. The number of likely N-dealkylation sites (tertiary alicyclic amines) is 1. The highest BCUT2D eigenvalue weighted by Crippen LogP contribution is 2.42. The van der Waals surface area contributed by atoms with E-state index in [4.69, 9.17) is 0 Å². The fraction of sp³-hybridized carbons (Fsp3) is 0.733. The summed E-state index contributed by atoms with van der Waals surface area (Å²) < 4.78 is 0. The summed E-state index contributed by atoms with van der Waals surface area (Å²) in [6.07, 6.45) is 4.40. The van der Waals surface area contributed by atoms with Crippen LogP contribution in [0.5, 0.6) is 0 Å². The van der Waals surface area contributed by atoms with Gasteiger partial charge in [0.15, 0.2) is 5.01 Å². The first-order valence-electron chi connectivity index (χ1n) is 7.55. The zero-order valence-corrected chi connectivity index (χ0v) is 13.2. The van der Waals surface area contributed by atoms with Crippen molar-refractivity contribution >= 4 is 17.2 Å². The van der Waals surface area contributed by atoms with E-state index in [1.807, 2.05) is 6.20 Å². The van der Waals surface area contributed by atoms with Crippen LogP contribution in [-0.4, -0.2) is 41.0 Å². The van der Waals surface area contributed by atoms with Gasteiger partial charge in [0.05, 0.1) is 0 Å². The monoisotopic (exact) mass is 293 g/mol. The summed E-state index contributed by atoms with van der Waals surface area (Å²) in [5, 5.41) is 3.80. The highest BCUT2D eigenvalue weighted by atomic mass is 32.1. The molecule has 1 aliphatic carbocycles. The Kier molecular flexibility index (Phi) is 3.82. The normalized spacial score (nSPS) is 27.2. The molecule has 1 saturated carbocycles. The summed E-state index contributed by atoms with van der Waals surface area (Å²) in [4.78, 5) is 20.3. The standard InChI is InChI=1S/C15H23N3OS/c1-9(2)18-7-10(3)12(8-18)17-14(19)15-16-6-13(20-15)11-4-5-11/h6,9-12H,4-5,7-8H2,1-3H3,(H,17,19)/t10-,12+/m0/s1. The molecule has 2 atom stereocenters.